The topological polar surface area (TPSA) is 0 Å². The van der Waals surface area contributed by atoms with Crippen LogP contribution in [0.1, 0.15) is 39.5 Å². The summed E-state index contributed by atoms with van der Waals surface area (Å²) < 4.78 is 0. The molecule has 1 saturated carbocycles. The zero-order valence-electron chi connectivity index (χ0n) is 6.48. The van der Waals surface area contributed by atoms with Gasteiger partial charge in [0.15, 0.2) is 0 Å². The molecule has 0 heteroatoms. The van der Waals surface area contributed by atoms with Crippen LogP contribution in [0.4, 0.5) is 0 Å². The van der Waals surface area contributed by atoms with Crippen molar-refractivity contribution in [3.8, 4) is 0 Å². The second-order valence-electron chi connectivity index (χ2n) is 2.98. The molecule has 0 N–H and O–H groups in total. The molecule has 0 amide bonds. The van der Waals surface area contributed by atoms with Gasteiger partial charge in [0.05, 0.1) is 0 Å². The van der Waals surface area contributed by atoms with E-state index in [4.69, 9.17) is 0 Å². The van der Waals surface area contributed by atoms with Gasteiger partial charge in [0, 0.05) is 0 Å². The first kappa shape index (κ1) is 6.85. The fourth-order valence-electron chi connectivity index (χ4n) is 1.61. The SMILES string of the molecule is CC/C=C1\CCCC1C. The van der Waals surface area contributed by atoms with Gasteiger partial charge >= 0.3 is 0 Å². The molecule has 0 bridgehead atoms. The molecule has 1 aliphatic rings. The van der Waals surface area contributed by atoms with Crippen LogP contribution in [-0.4, -0.2) is 0 Å². The fraction of sp³-hybridized carbons (Fsp3) is 0.778. The Morgan fingerprint density at radius 2 is 2.44 bits per heavy atom. The lowest BCUT2D eigenvalue weighted by atomic mass is 10.0. The van der Waals surface area contributed by atoms with Crippen LogP contribution in [0.3, 0.4) is 0 Å². The fourth-order valence-corrected chi connectivity index (χ4v) is 1.61. The Kier molecular flexibility index (Phi) is 2.32. The van der Waals surface area contributed by atoms with Crippen molar-refractivity contribution in [3.63, 3.8) is 0 Å². The lowest BCUT2D eigenvalue weighted by molar-refractivity contribution is 0.694. The average Bonchev–Trinajstić information content (AvgIpc) is 2.18. The third kappa shape index (κ3) is 1.57. The van der Waals surface area contributed by atoms with E-state index < -0.39 is 0 Å². The van der Waals surface area contributed by atoms with Gasteiger partial charge in [-0.1, -0.05) is 25.5 Å². The second-order valence-corrected chi connectivity index (χ2v) is 2.98. The van der Waals surface area contributed by atoms with Crippen molar-refractivity contribution in [2.24, 2.45) is 5.92 Å². The van der Waals surface area contributed by atoms with Crippen molar-refractivity contribution < 1.29 is 0 Å². The predicted octanol–water partition coefficient (Wildman–Crippen LogP) is 3.14. The molecule has 0 nitrogen and oxygen atoms in total. The van der Waals surface area contributed by atoms with Crippen LogP contribution in [-0.2, 0) is 0 Å². The second kappa shape index (κ2) is 3.05. The zero-order valence-corrected chi connectivity index (χ0v) is 6.48. The Bertz CT molecular complexity index is 111. The minimum absolute atomic E-state index is 0.893. The monoisotopic (exact) mass is 124 g/mol. The largest absolute Gasteiger partial charge is 0.0853 e. The van der Waals surface area contributed by atoms with Gasteiger partial charge in [0.1, 0.15) is 0 Å². The summed E-state index contributed by atoms with van der Waals surface area (Å²) in [5.41, 5.74) is 1.71. The van der Waals surface area contributed by atoms with Crippen LogP contribution in [0.15, 0.2) is 11.6 Å². The number of hydrogen-bond donors (Lipinski definition) is 0. The highest BCUT2D eigenvalue weighted by molar-refractivity contribution is 5.09. The summed E-state index contributed by atoms with van der Waals surface area (Å²) in [5.74, 6) is 0.893. The molecule has 9 heavy (non-hydrogen) atoms. The lowest BCUT2D eigenvalue weighted by Crippen LogP contribution is -1.86. The van der Waals surface area contributed by atoms with Crippen molar-refractivity contribution in [2.45, 2.75) is 39.5 Å². The third-order valence-corrected chi connectivity index (χ3v) is 2.20. The van der Waals surface area contributed by atoms with Crippen molar-refractivity contribution in [1.82, 2.24) is 0 Å². The summed E-state index contributed by atoms with van der Waals surface area (Å²) in [6, 6.07) is 0. The summed E-state index contributed by atoms with van der Waals surface area (Å²) in [4.78, 5) is 0. The molecule has 52 valence electrons. The first-order valence-electron chi connectivity index (χ1n) is 4.03. The quantitative estimate of drug-likeness (QED) is 0.471. The highest BCUT2D eigenvalue weighted by atomic mass is 14.2. The molecule has 0 aromatic carbocycles. The van der Waals surface area contributed by atoms with E-state index in [0.717, 1.165) is 5.92 Å². The van der Waals surface area contributed by atoms with Gasteiger partial charge in [0.2, 0.25) is 0 Å². The van der Waals surface area contributed by atoms with E-state index in [-0.39, 0.29) is 0 Å². The molecule has 0 spiro atoms. The number of rotatable bonds is 1. The maximum atomic E-state index is 2.40. The van der Waals surface area contributed by atoms with E-state index in [1.54, 1.807) is 5.57 Å². The average molecular weight is 124 g/mol. The molecular weight excluding hydrogens is 108 g/mol. The Labute approximate surface area is 58.0 Å². The first-order valence-corrected chi connectivity index (χ1v) is 4.03. The summed E-state index contributed by atoms with van der Waals surface area (Å²) >= 11 is 0. The van der Waals surface area contributed by atoms with E-state index in [0.29, 0.717) is 0 Å². The molecule has 0 aromatic heterocycles. The van der Waals surface area contributed by atoms with Gasteiger partial charge in [0.25, 0.3) is 0 Å². The zero-order chi connectivity index (χ0) is 6.69. The van der Waals surface area contributed by atoms with E-state index in [2.05, 4.69) is 19.9 Å². The van der Waals surface area contributed by atoms with Crippen molar-refractivity contribution in [2.75, 3.05) is 0 Å². The van der Waals surface area contributed by atoms with Crippen LogP contribution in [0.25, 0.3) is 0 Å². The molecule has 1 unspecified atom stereocenters. The maximum Gasteiger partial charge on any atom is -0.0232 e. The van der Waals surface area contributed by atoms with Gasteiger partial charge in [-0.15, -0.1) is 0 Å². The van der Waals surface area contributed by atoms with E-state index in [1.165, 1.54) is 25.7 Å². The Morgan fingerprint density at radius 3 is 2.89 bits per heavy atom. The summed E-state index contributed by atoms with van der Waals surface area (Å²) in [7, 11) is 0. The van der Waals surface area contributed by atoms with Crippen molar-refractivity contribution in [1.29, 1.82) is 0 Å². The number of hydrogen-bond acceptors (Lipinski definition) is 0. The van der Waals surface area contributed by atoms with Gasteiger partial charge in [-0.3, -0.25) is 0 Å². The molecule has 1 atom stereocenters. The molecular formula is C9H16. The maximum absolute atomic E-state index is 2.40. The normalized spacial score (nSPS) is 31.8. The third-order valence-electron chi connectivity index (χ3n) is 2.20. The molecule has 0 heterocycles. The van der Waals surface area contributed by atoms with Crippen molar-refractivity contribution >= 4 is 0 Å². The summed E-state index contributed by atoms with van der Waals surface area (Å²) in [6.07, 6.45) is 7.84. The van der Waals surface area contributed by atoms with E-state index >= 15 is 0 Å². The lowest BCUT2D eigenvalue weighted by Gasteiger charge is -2.01. The van der Waals surface area contributed by atoms with Gasteiger partial charge in [-0.05, 0) is 31.6 Å². The van der Waals surface area contributed by atoms with Gasteiger partial charge in [-0.25, -0.2) is 0 Å². The molecule has 1 rings (SSSR count). The van der Waals surface area contributed by atoms with Crippen LogP contribution < -0.4 is 0 Å². The summed E-state index contributed by atoms with van der Waals surface area (Å²) in [6.45, 7) is 4.56. The smallest absolute Gasteiger partial charge is 0.0232 e. The Hall–Kier alpha value is -0.260. The minimum Gasteiger partial charge on any atom is -0.0853 e. The van der Waals surface area contributed by atoms with Crippen LogP contribution in [0.2, 0.25) is 0 Å². The van der Waals surface area contributed by atoms with E-state index in [1.807, 2.05) is 0 Å². The standard InChI is InChI=1S/C9H16/c1-3-5-9-7-4-6-8(9)2/h5,8H,3-4,6-7H2,1-2H3/b9-5+. The van der Waals surface area contributed by atoms with Crippen LogP contribution in [0.5, 0.6) is 0 Å². The highest BCUT2D eigenvalue weighted by Gasteiger charge is 2.14. The number of allylic oxidation sites excluding steroid dienone is 2. The van der Waals surface area contributed by atoms with Gasteiger partial charge in [-0.2, -0.15) is 0 Å². The molecule has 0 radical (unpaired) electrons. The Balaban J connectivity index is 2.48. The summed E-state index contributed by atoms with van der Waals surface area (Å²) in [5, 5.41) is 0. The minimum atomic E-state index is 0.893. The predicted molar refractivity (Wildman–Crippen MR) is 41.4 cm³/mol. The van der Waals surface area contributed by atoms with E-state index in [9.17, 15) is 0 Å². The molecule has 0 saturated heterocycles. The first-order chi connectivity index (χ1) is 4.34. The molecule has 1 aliphatic carbocycles. The van der Waals surface area contributed by atoms with Gasteiger partial charge < -0.3 is 0 Å². The molecule has 1 fully saturated rings. The van der Waals surface area contributed by atoms with Crippen LogP contribution >= 0.6 is 0 Å². The van der Waals surface area contributed by atoms with Crippen LogP contribution in [0, 0.1) is 5.92 Å². The molecule has 0 aromatic rings. The van der Waals surface area contributed by atoms with Crippen molar-refractivity contribution in [3.05, 3.63) is 11.6 Å². The highest BCUT2D eigenvalue weighted by Crippen LogP contribution is 2.30. The molecule has 0 aliphatic heterocycles. The Morgan fingerprint density at radius 1 is 1.67 bits per heavy atom.